The van der Waals surface area contributed by atoms with Gasteiger partial charge in [0.15, 0.2) is 0 Å². The molecule has 1 aromatic rings. The van der Waals surface area contributed by atoms with Gasteiger partial charge in [-0.2, -0.15) is 0 Å². The van der Waals surface area contributed by atoms with Crippen LogP contribution in [0.15, 0.2) is 12.1 Å². The summed E-state index contributed by atoms with van der Waals surface area (Å²) in [6.07, 6.45) is 1.34. The summed E-state index contributed by atoms with van der Waals surface area (Å²) in [7, 11) is 3.94. The van der Waals surface area contributed by atoms with E-state index in [9.17, 15) is 9.90 Å². The van der Waals surface area contributed by atoms with Crippen molar-refractivity contribution in [1.29, 1.82) is 0 Å². The molecule has 0 saturated carbocycles. The second kappa shape index (κ2) is 5.82. The lowest BCUT2D eigenvalue weighted by Crippen LogP contribution is -2.11. The van der Waals surface area contributed by atoms with Crippen molar-refractivity contribution in [3.63, 3.8) is 0 Å². The molecule has 0 aliphatic heterocycles. The smallest absolute Gasteiger partial charge is 0.123 e. The Morgan fingerprint density at radius 1 is 1.41 bits per heavy atom. The van der Waals surface area contributed by atoms with Gasteiger partial charge in [-0.3, -0.25) is 0 Å². The van der Waals surface area contributed by atoms with Crippen LogP contribution in [0.3, 0.4) is 0 Å². The first-order valence-corrected chi connectivity index (χ1v) is 5.86. The van der Waals surface area contributed by atoms with Gasteiger partial charge in [0.2, 0.25) is 0 Å². The van der Waals surface area contributed by atoms with E-state index in [1.165, 1.54) is 0 Å². The number of nitrogens with zero attached hydrogens (tertiary/aromatic N) is 1. The minimum atomic E-state index is 0.0633. The lowest BCUT2D eigenvalue weighted by atomic mass is 9.93. The predicted molar refractivity (Wildman–Crippen MR) is 69.3 cm³/mol. The molecule has 0 bridgehead atoms. The predicted octanol–water partition coefficient (Wildman–Crippen LogP) is 2.45. The molecule has 0 saturated heterocycles. The van der Waals surface area contributed by atoms with E-state index < -0.39 is 0 Å². The molecule has 0 radical (unpaired) electrons. The van der Waals surface area contributed by atoms with E-state index in [0.717, 1.165) is 23.0 Å². The van der Waals surface area contributed by atoms with Gasteiger partial charge in [0, 0.05) is 18.5 Å². The zero-order valence-electron chi connectivity index (χ0n) is 11.0. The molecule has 0 heterocycles. The zero-order chi connectivity index (χ0) is 13.0. The molecule has 0 aromatic heterocycles. The molecule has 3 nitrogen and oxygen atoms in total. The van der Waals surface area contributed by atoms with E-state index in [4.69, 9.17) is 0 Å². The Hall–Kier alpha value is -1.35. The second-order valence-corrected chi connectivity index (χ2v) is 4.90. The van der Waals surface area contributed by atoms with Gasteiger partial charge in [-0.15, -0.1) is 0 Å². The molecular formula is C14H21NO2. The molecule has 1 N–H and O–H groups in total. The first-order valence-electron chi connectivity index (χ1n) is 5.86. The summed E-state index contributed by atoms with van der Waals surface area (Å²) in [6.45, 7) is 4.67. The molecule has 1 rings (SSSR count). The number of benzene rings is 1. The van der Waals surface area contributed by atoms with Gasteiger partial charge < -0.3 is 14.8 Å². The Kier molecular flexibility index (Phi) is 4.70. The molecule has 1 atom stereocenters. The molecule has 0 spiro atoms. The van der Waals surface area contributed by atoms with Crippen LogP contribution in [-0.4, -0.2) is 30.4 Å². The highest BCUT2D eigenvalue weighted by molar-refractivity contribution is 5.54. The monoisotopic (exact) mass is 235 g/mol. The van der Waals surface area contributed by atoms with Crippen molar-refractivity contribution in [1.82, 2.24) is 4.90 Å². The third-order valence-corrected chi connectivity index (χ3v) is 2.83. The summed E-state index contributed by atoms with van der Waals surface area (Å²) >= 11 is 0. The maximum atomic E-state index is 10.6. The van der Waals surface area contributed by atoms with E-state index in [2.05, 4.69) is 0 Å². The number of aryl methyl sites for hydroxylation is 1. The molecule has 1 unspecified atom stereocenters. The number of phenolic OH excluding ortho intramolecular Hbond substituents is 1. The van der Waals surface area contributed by atoms with Crippen LogP contribution in [0.25, 0.3) is 0 Å². The fraction of sp³-hybridized carbons (Fsp3) is 0.500. The molecule has 0 fully saturated rings. The number of hydrogen-bond acceptors (Lipinski definition) is 3. The Labute approximate surface area is 103 Å². The van der Waals surface area contributed by atoms with Crippen LogP contribution in [0.2, 0.25) is 0 Å². The highest BCUT2D eigenvalue weighted by Gasteiger charge is 2.14. The number of aromatic hydroxyl groups is 1. The van der Waals surface area contributed by atoms with Crippen molar-refractivity contribution in [2.45, 2.75) is 32.7 Å². The van der Waals surface area contributed by atoms with Gasteiger partial charge in [0.05, 0.1) is 0 Å². The summed E-state index contributed by atoms with van der Waals surface area (Å²) in [6, 6.07) is 3.95. The minimum Gasteiger partial charge on any atom is -0.507 e. The zero-order valence-corrected chi connectivity index (χ0v) is 11.0. The fourth-order valence-electron chi connectivity index (χ4n) is 1.99. The molecule has 0 amide bonds. The molecule has 1 aromatic carbocycles. The van der Waals surface area contributed by atoms with Crippen molar-refractivity contribution in [2.75, 3.05) is 14.1 Å². The van der Waals surface area contributed by atoms with E-state index in [1.807, 2.05) is 45.0 Å². The quantitative estimate of drug-likeness (QED) is 0.797. The Morgan fingerprint density at radius 3 is 2.59 bits per heavy atom. The number of carbonyl (C=O) groups is 1. The highest BCUT2D eigenvalue weighted by atomic mass is 16.3. The fourth-order valence-corrected chi connectivity index (χ4v) is 1.99. The second-order valence-electron chi connectivity index (χ2n) is 4.90. The van der Waals surface area contributed by atoms with Crippen LogP contribution in [0.4, 0.5) is 0 Å². The van der Waals surface area contributed by atoms with Gasteiger partial charge in [-0.1, -0.05) is 24.6 Å². The number of phenols is 1. The molecule has 0 aliphatic rings. The van der Waals surface area contributed by atoms with Crippen molar-refractivity contribution in [3.8, 4) is 5.75 Å². The lowest BCUT2D eigenvalue weighted by molar-refractivity contribution is -0.108. The summed E-state index contributed by atoms with van der Waals surface area (Å²) in [5.74, 6) is 0.395. The van der Waals surface area contributed by atoms with E-state index in [1.54, 1.807) is 0 Å². The van der Waals surface area contributed by atoms with Crippen LogP contribution < -0.4 is 0 Å². The van der Waals surface area contributed by atoms with Crippen LogP contribution in [0.1, 0.15) is 36.0 Å². The van der Waals surface area contributed by atoms with Crippen molar-refractivity contribution >= 4 is 6.29 Å². The molecular weight excluding hydrogens is 214 g/mol. The first kappa shape index (κ1) is 13.7. The van der Waals surface area contributed by atoms with Crippen LogP contribution in [0.5, 0.6) is 5.75 Å². The maximum Gasteiger partial charge on any atom is 0.123 e. The van der Waals surface area contributed by atoms with E-state index >= 15 is 0 Å². The Morgan fingerprint density at radius 2 is 2.06 bits per heavy atom. The Balaban J connectivity index is 3.13. The number of carbonyl (C=O) groups excluding carboxylic acids is 1. The average Bonchev–Trinajstić information content (AvgIpc) is 2.22. The van der Waals surface area contributed by atoms with Gasteiger partial charge >= 0.3 is 0 Å². The topological polar surface area (TPSA) is 40.5 Å². The Bertz CT molecular complexity index is 399. The van der Waals surface area contributed by atoms with Crippen molar-refractivity contribution in [3.05, 3.63) is 28.8 Å². The minimum absolute atomic E-state index is 0.0633. The van der Waals surface area contributed by atoms with Crippen LogP contribution >= 0.6 is 0 Å². The molecule has 0 aliphatic carbocycles. The van der Waals surface area contributed by atoms with Crippen molar-refractivity contribution < 1.29 is 9.90 Å². The van der Waals surface area contributed by atoms with Crippen molar-refractivity contribution in [2.24, 2.45) is 0 Å². The lowest BCUT2D eigenvalue weighted by Gasteiger charge is -2.17. The normalized spacial score (nSPS) is 12.8. The third kappa shape index (κ3) is 3.56. The van der Waals surface area contributed by atoms with Gasteiger partial charge in [-0.05, 0) is 32.5 Å². The summed E-state index contributed by atoms with van der Waals surface area (Å²) in [4.78, 5) is 12.6. The summed E-state index contributed by atoms with van der Waals surface area (Å²) < 4.78 is 0. The largest absolute Gasteiger partial charge is 0.507 e. The third-order valence-electron chi connectivity index (χ3n) is 2.83. The first-order chi connectivity index (χ1) is 7.95. The van der Waals surface area contributed by atoms with E-state index in [-0.39, 0.29) is 5.92 Å². The van der Waals surface area contributed by atoms with Crippen LogP contribution in [0, 0.1) is 6.92 Å². The SMILES string of the molecule is Cc1cc(CN(C)C)c(O)c(C(C)CC=O)c1. The van der Waals surface area contributed by atoms with Gasteiger partial charge in [0.25, 0.3) is 0 Å². The average molecular weight is 235 g/mol. The maximum absolute atomic E-state index is 10.6. The van der Waals surface area contributed by atoms with Gasteiger partial charge in [0.1, 0.15) is 12.0 Å². The van der Waals surface area contributed by atoms with E-state index in [0.29, 0.717) is 18.7 Å². The van der Waals surface area contributed by atoms with Gasteiger partial charge in [-0.25, -0.2) is 0 Å². The highest BCUT2D eigenvalue weighted by Crippen LogP contribution is 2.32. The number of rotatable bonds is 5. The molecule has 3 heteroatoms. The standard InChI is InChI=1S/C14H21NO2/c1-10-7-12(9-15(3)4)14(17)13(8-10)11(2)5-6-16/h6-8,11,17H,5,9H2,1-4H3. The number of aldehydes is 1. The molecule has 17 heavy (non-hydrogen) atoms. The molecule has 94 valence electrons. The summed E-state index contributed by atoms with van der Waals surface area (Å²) in [5.41, 5.74) is 2.91. The summed E-state index contributed by atoms with van der Waals surface area (Å²) in [5, 5.41) is 10.2. The van der Waals surface area contributed by atoms with Crippen LogP contribution in [-0.2, 0) is 11.3 Å². The number of hydrogen-bond donors (Lipinski definition) is 1.